The number of hydrogen-bond acceptors (Lipinski definition) is 4. The first-order valence-electron chi connectivity index (χ1n) is 8.07. The summed E-state index contributed by atoms with van der Waals surface area (Å²) in [4.78, 5) is 23.1. The standard InChI is InChI=1S/C18H22N4O/c1-13(2)22(12-14-6-4-3-5-7-14)17(23)15-10-19-18(20-11-15)21-16-8-9-16/h3-7,10-11,13,16H,8-9,12H2,1-2H3,(H,19,20,21). The number of amides is 1. The van der Waals surface area contributed by atoms with Crippen LogP contribution in [0, 0.1) is 0 Å². The van der Waals surface area contributed by atoms with Gasteiger partial charge in [-0.15, -0.1) is 0 Å². The molecule has 1 aromatic heterocycles. The van der Waals surface area contributed by atoms with Gasteiger partial charge in [0.2, 0.25) is 5.95 Å². The third-order valence-corrected chi connectivity index (χ3v) is 3.89. The molecule has 3 rings (SSSR count). The predicted octanol–water partition coefficient (Wildman–Crippen LogP) is 3.10. The van der Waals surface area contributed by atoms with E-state index in [1.54, 1.807) is 12.4 Å². The van der Waals surface area contributed by atoms with Gasteiger partial charge in [-0.2, -0.15) is 0 Å². The van der Waals surface area contributed by atoms with Gasteiger partial charge in [0.25, 0.3) is 5.91 Å². The van der Waals surface area contributed by atoms with E-state index in [1.807, 2.05) is 49.1 Å². The molecule has 0 spiro atoms. The smallest absolute Gasteiger partial charge is 0.257 e. The van der Waals surface area contributed by atoms with E-state index >= 15 is 0 Å². The summed E-state index contributed by atoms with van der Waals surface area (Å²) in [6.07, 6.45) is 5.56. The second-order valence-corrected chi connectivity index (χ2v) is 6.23. The Morgan fingerprint density at radius 3 is 2.43 bits per heavy atom. The van der Waals surface area contributed by atoms with E-state index in [0.29, 0.717) is 24.1 Å². The number of hydrogen-bond donors (Lipinski definition) is 1. The third-order valence-electron chi connectivity index (χ3n) is 3.89. The van der Waals surface area contributed by atoms with Crippen molar-refractivity contribution in [2.45, 2.75) is 45.3 Å². The van der Waals surface area contributed by atoms with Crippen LogP contribution >= 0.6 is 0 Å². The summed E-state index contributed by atoms with van der Waals surface area (Å²) < 4.78 is 0. The first-order valence-corrected chi connectivity index (χ1v) is 8.07. The van der Waals surface area contributed by atoms with E-state index in [4.69, 9.17) is 0 Å². The van der Waals surface area contributed by atoms with Crippen molar-refractivity contribution in [1.82, 2.24) is 14.9 Å². The molecular weight excluding hydrogens is 288 g/mol. The van der Waals surface area contributed by atoms with E-state index in [1.165, 1.54) is 12.8 Å². The molecule has 0 unspecified atom stereocenters. The highest BCUT2D eigenvalue weighted by atomic mass is 16.2. The highest BCUT2D eigenvalue weighted by Crippen LogP contribution is 2.22. The number of anilines is 1. The third kappa shape index (κ3) is 4.06. The summed E-state index contributed by atoms with van der Waals surface area (Å²) in [5.74, 6) is 0.560. The maximum Gasteiger partial charge on any atom is 0.257 e. The normalized spacial score (nSPS) is 13.9. The van der Waals surface area contributed by atoms with Crippen molar-refractivity contribution in [3.05, 3.63) is 53.9 Å². The zero-order chi connectivity index (χ0) is 16.2. The molecule has 0 radical (unpaired) electrons. The van der Waals surface area contributed by atoms with E-state index in [2.05, 4.69) is 15.3 Å². The number of nitrogens with zero attached hydrogens (tertiary/aromatic N) is 3. The van der Waals surface area contributed by atoms with Crippen LogP contribution in [0.5, 0.6) is 0 Å². The van der Waals surface area contributed by atoms with Crippen LogP contribution in [0.1, 0.15) is 42.6 Å². The van der Waals surface area contributed by atoms with Gasteiger partial charge in [-0.25, -0.2) is 9.97 Å². The molecule has 0 bridgehead atoms. The van der Waals surface area contributed by atoms with Crippen LogP contribution in [0.3, 0.4) is 0 Å². The van der Waals surface area contributed by atoms with Crippen LogP contribution < -0.4 is 5.32 Å². The lowest BCUT2D eigenvalue weighted by Crippen LogP contribution is -2.36. The van der Waals surface area contributed by atoms with Gasteiger partial charge in [0.05, 0.1) is 5.56 Å². The molecule has 1 heterocycles. The SMILES string of the molecule is CC(C)N(Cc1ccccc1)C(=O)c1cnc(NC2CC2)nc1. The fourth-order valence-electron chi connectivity index (χ4n) is 2.36. The average Bonchev–Trinajstić information content (AvgIpc) is 3.37. The molecule has 0 atom stereocenters. The Morgan fingerprint density at radius 2 is 1.87 bits per heavy atom. The Hall–Kier alpha value is -2.43. The van der Waals surface area contributed by atoms with Crippen molar-refractivity contribution in [3.8, 4) is 0 Å². The van der Waals surface area contributed by atoms with Gasteiger partial charge < -0.3 is 10.2 Å². The molecule has 2 aromatic rings. The number of carbonyl (C=O) groups excluding carboxylic acids is 1. The highest BCUT2D eigenvalue weighted by molar-refractivity contribution is 5.93. The van der Waals surface area contributed by atoms with Gasteiger partial charge >= 0.3 is 0 Å². The Balaban J connectivity index is 1.72. The lowest BCUT2D eigenvalue weighted by atomic mass is 10.1. The van der Waals surface area contributed by atoms with Gasteiger partial charge in [0.15, 0.2) is 0 Å². The number of nitrogens with one attached hydrogen (secondary N) is 1. The average molecular weight is 310 g/mol. The summed E-state index contributed by atoms with van der Waals surface area (Å²) in [7, 11) is 0. The predicted molar refractivity (Wildman–Crippen MR) is 90.1 cm³/mol. The van der Waals surface area contributed by atoms with E-state index < -0.39 is 0 Å². The molecule has 5 heteroatoms. The van der Waals surface area contributed by atoms with Crippen LogP contribution in [0.15, 0.2) is 42.7 Å². The van der Waals surface area contributed by atoms with Gasteiger partial charge in [-0.1, -0.05) is 30.3 Å². The second-order valence-electron chi connectivity index (χ2n) is 6.23. The second kappa shape index (κ2) is 6.77. The maximum atomic E-state index is 12.8. The first kappa shape index (κ1) is 15.5. The zero-order valence-corrected chi connectivity index (χ0v) is 13.6. The molecule has 120 valence electrons. The van der Waals surface area contributed by atoms with Gasteiger partial charge in [0, 0.05) is 31.0 Å². The van der Waals surface area contributed by atoms with Crippen LogP contribution in [-0.2, 0) is 6.54 Å². The van der Waals surface area contributed by atoms with E-state index in [-0.39, 0.29) is 11.9 Å². The summed E-state index contributed by atoms with van der Waals surface area (Å²) >= 11 is 0. The molecule has 1 aliphatic rings. The Morgan fingerprint density at radius 1 is 1.22 bits per heavy atom. The zero-order valence-electron chi connectivity index (χ0n) is 13.6. The molecule has 1 fully saturated rings. The van der Waals surface area contributed by atoms with Crippen LogP contribution in [0.2, 0.25) is 0 Å². The van der Waals surface area contributed by atoms with Crippen LogP contribution in [-0.4, -0.2) is 32.9 Å². The Kier molecular flexibility index (Phi) is 4.55. The fraction of sp³-hybridized carbons (Fsp3) is 0.389. The maximum absolute atomic E-state index is 12.8. The quantitative estimate of drug-likeness (QED) is 0.890. The van der Waals surface area contributed by atoms with Gasteiger partial charge in [-0.3, -0.25) is 4.79 Å². The molecule has 0 aliphatic heterocycles. The van der Waals surface area contributed by atoms with Crippen LogP contribution in [0.25, 0.3) is 0 Å². The van der Waals surface area contributed by atoms with Crippen molar-refractivity contribution >= 4 is 11.9 Å². The molecule has 1 N–H and O–H groups in total. The summed E-state index contributed by atoms with van der Waals surface area (Å²) in [5, 5.41) is 3.23. The van der Waals surface area contributed by atoms with E-state index in [0.717, 1.165) is 5.56 Å². The van der Waals surface area contributed by atoms with E-state index in [9.17, 15) is 4.79 Å². The summed E-state index contributed by atoms with van der Waals surface area (Å²) in [6, 6.07) is 10.6. The minimum atomic E-state index is -0.0400. The topological polar surface area (TPSA) is 58.1 Å². The lowest BCUT2D eigenvalue weighted by Gasteiger charge is -2.26. The monoisotopic (exact) mass is 310 g/mol. The summed E-state index contributed by atoms with van der Waals surface area (Å²) in [6.45, 7) is 4.62. The number of rotatable bonds is 6. The largest absolute Gasteiger partial charge is 0.351 e. The molecule has 1 aliphatic carbocycles. The molecule has 1 amide bonds. The van der Waals surface area contributed by atoms with Crippen molar-refractivity contribution < 1.29 is 4.79 Å². The molecule has 1 aromatic carbocycles. The highest BCUT2D eigenvalue weighted by Gasteiger charge is 2.23. The van der Waals surface area contributed by atoms with Gasteiger partial charge in [0.1, 0.15) is 0 Å². The van der Waals surface area contributed by atoms with Crippen molar-refractivity contribution in [2.24, 2.45) is 0 Å². The Labute approximate surface area is 136 Å². The number of carbonyl (C=O) groups is 1. The molecule has 1 saturated carbocycles. The minimum Gasteiger partial charge on any atom is -0.351 e. The summed E-state index contributed by atoms with van der Waals surface area (Å²) in [5.41, 5.74) is 1.64. The number of aromatic nitrogens is 2. The van der Waals surface area contributed by atoms with Crippen molar-refractivity contribution in [1.29, 1.82) is 0 Å². The molecular formula is C18H22N4O. The molecule has 5 nitrogen and oxygen atoms in total. The molecule has 23 heavy (non-hydrogen) atoms. The number of benzene rings is 1. The van der Waals surface area contributed by atoms with Crippen molar-refractivity contribution in [3.63, 3.8) is 0 Å². The lowest BCUT2D eigenvalue weighted by molar-refractivity contribution is 0.0689. The fourth-order valence-corrected chi connectivity index (χ4v) is 2.36. The van der Waals surface area contributed by atoms with Crippen LogP contribution in [0.4, 0.5) is 5.95 Å². The molecule has 0 saturated heterocycles. The minimum absolute atomic E-state index is 0.0400. The first-order chi connectivity index (χ1) is 11.1. The Bertz CT molecular complexity index is 650. The van der Waals surface area contributed by atoms with Gasteiger partial charge in [-0.05, 0) is 32.3 Å². The van der Waals surface area contributed by atoms with Crippen molar-refractivity contribution in [2.75, 3.05) is 5.32 Å².